The van der Waals surface area contributed by atoms with Crippen molar-refractivity contribution >= 4 is 23.5 Å². The molecule has 1 aliphatic rings. The van der Waals surface area contributed by atoms with Gasteiger partial charge in [-0.2, -0.15) is 0 Å². The van der Waals surface area contributed by atoms with Crippen molar-refractivity contribution < 1.29 is 28.6 Å². The lowest BCUT2D eigenvalue weighted by atomic mass is 10.1. The van der Waals surface area contributed by atoms with Gasteiger partial charge in [-0.25, -0.2) is 0 Å². The average Bonchev–Trinajstić information content (AvgIpc) is 2.72. The first-order chi connectivity index (χ1) is 14.0. The predicted octanol–water partition coefficient (Wildman–Crippen LogP) is 0.794. The molecule has 2 rings (SSSR count). The molecule has 1 saturated heterocycles. The lowest BCUT2D eigenvalue weighted by Crippen LogP contribution is -2.58. The largest absolute Gasteiger partial charge is 0.491 e. The number of carbonyl (C=O) groups excluding carboxylic acids is 3. The molecule has 2 N–H and O–H groups in total. The Morgan fingerprint density at radius 3 is 2.86 bits per heavy atom. The van der Waals surface area contributed by atoms with Crippen LogP contribution < -0.4 is 15.4 Å². The van der Waals surface area contributed by atoms with Crippen molar-refractivity contribution in [1.29, 1.82) is 0 Å². The predicted molar refractivity (Wildman–Crippen MR) is 107 cm³/mol. The van der Waals surface area contributed by atoms with Crippen molar-refractivity contribution in [3.63, 3.8) is 0 Å². The Hall–Kier alpha value is -2.81. The number of hydrogen-bond donors (Lipinski definition) is 2. The summed E-state index contributed by atoms with van der Waals surface area (Å²) in [5.41, 5.74) is 0.716. The van der Waals surface area contributed by atoms with Crippen LogP contribution in [0.3, 0.4) is 0 Å². The standard InChI is InChI=1S/C20H29N3O6/c1-3-9-29-19(25)13-17-20(26)21-7-8-23(17)18(24)14-22-15-5-4-6-16(12-15)28-11-10-27-2/h4-6,12,17,22H,3,7-11,13-14H2,1-2H3,(H,21,26). The Balaban J connectivity index is 1.92. The van der Waals surface area contributed by atoms with Gasteiger partial charge in [-0.05, 0) is 18.6 Å². The molecule has 1 fully saturated rings. The number of nitrogens with zero attached hydrogens (tertiary/aromatic N) is 1. The fourth-order valence-corrected chi connectivity index (χ4v) is 2.87. The Bertz CT molecular complexity index is 697. The maximum atomic E-state index is 12.7. The quantitative estimate of drug-likeness (QED) is 0.413. The van der Waals surface area contributed by atoms with Gasteiger partial charge in [-0.1, -0.05) is 13.0 Å². The minimum absolute atomic E-state index is 0.00465. The van der Waals surface area contributed by atoms with Gasteiger partial charge in [0, 0.05) is 32.0 Å². The number of hydrogen-bond acceptors (Lipinski definition) is 7. The first kappa shape index (κ1) is 22.5. The van der Waals surface area contributed by atoms with Crippen molar-refractivity contribution in [2.45, 2.75) is 25.8 Å². The number of carbonyl (C=O) groups is 3. The second-order valence-electron chi connectivity index (χ2n) is 6.54. The fourth-order valence-electron chi connectivity index (χ4n) is 2.87. The molecule has 1 aromatic rings. The van der Waals surface area contributed by atoms with Crippen LogP contribution in [-0.2, 0) is 23.9 Å². The molecular formula is C20H29N3O6. The molecule has 1 unspecified atom stereocenters. The van der Waals surface area contributed by atoms with Gasteiger partial charge >= 0.3 is 5.97 Å². The normalized spacial score (nSPS) is 16.1. The molecule has 0 radical (unpaired) electrons. The Kier molecular flexibility index (Phi) is 9.23. The van der Waals surface area contributed by atoms with E-state index in [2.05, 4.69) is 10.6 Å². The lowest BCUT2D eigenvalue weighted by molar-refractivity contribution is -0.151. The van der Waals surface area contributed by atoms with Crippen LogP contribution in [0.2, 0.25) is 0 Å². The molecule has 0 saturated carbocycles. The summed E-state index contributed by atoms with van der Waals surface area (Å²) in [6, 6.07) is 6.38. The molecule has 0 aromatic heterocycles. The van der Waals surface area contributed by atoms with E-state index in [4.69, 9.17) is 14.2 Å². The highest BCUT2D eigenvalue weighted by atomic mass is 16.5. The monoisotopic (exact) mass is 407 g/mol. The molecule has 29 heavy (non-hydrogen) atoms. The second kappa shape index (κ2) is 11.9. The molecule has 0 bridgehead atoms. The highest BCUT2D eigenvalue weighted by molar-refractivity contribution is 5.93. The van der Waals surface area contributed by atoms with Crippen LogP contribution in [0.15, 0.2) is 24.3 Å². The van der Waals surface area contributed by atoms with E-state index in [-0.39, 0.29) is 24.8 Å². The van der Waals surface area contributed by atoms with Crippen LogP contribution in [0.4, 0.5) is 5.69 Å². The number of amides is 2. The molecule has 9 nitrogen and oxygen atoms in total. The summed E-state index contributed by atoms with van der Waals surface area (Å²) >= 11 is 0. The third-order valence-corrected chi connectivity index (χ3v) is 4.31. The maximum absolute atomic E-state index is 12.7. The molecule has 1 aliphatic heterocycles. The number of esters is 1. The number of piperazine rings is 1. The maximum Gasteiger partial charge on any atom is 0.308 e. The molecule has 2 amide bonds. The third-order valence-electron chi connectivity index (χ3n) is 4.31. The van der Waals surface area contributed by atoms with E-state index in [1.165, 1.54) is 4.90 Å². The highest BCUT2D eigenvalue weighted by Crippen LogP contribution is 2.18. The van der Waals surface area contributed by atoms with Gasteiger partial charge < -0.3 is 29.7 Å². The topological polar surface area (TPSA) is 106 Å². The third kappa shape index (κ3) is 7.26. The first-order valence-corrected chi connectivity index (χ1v) is 9.73. The van der Waals surface area contributed by atoms with Gasteiger partial charge in [0.2, 0.25) is 11.8 Å². The van der Waals surface area contributed by atoms with Crippen molar-refractivity contribution in [3.8, 4) is 5.75 Å². The SMILES string of the molecule is CCCOC(=O)CC1C(=O)NCCN1C(=O)CNc1cccc(OCCOC)c1. The second-order valence-corrected chi connectivity index (χ2v) is 6.54. The molecule has 9 heteroatoms. The highest BCUT2D eigenvalue weighted by Gasteiger charge is 2.34. The summed E-state index contributed by atoms with van der Waals surface area (Å²) < 4.78 is 15.6. The summed E-state index contributed by atoms with van der Waals surface area (Å²) in [7, 11) is 1.60. The average molecular weight is 407 g/mol. The fraction of sp³-hybridized carbons (Fsp3) is 0.550. The summed E-state index contributed by atoms with van der Waals surface area (Å²) in [6.45, 7) is 3.79. The van der Waals surface area contributed by atoms with E-state index < -0.39 is 12.0 Å². The zero-order chi connectivity index (χ0) is 21.1. The lowest BCUT2D eigenvalue weighted by Gasteiger charge is -2.34. The van der Waals surface area contributed by atoms with E-state index in [1.54, 1.807) is 13.2 Å². The first-order valence-electron chi connectivity index (χ1n) is 9.73. The Morgan fingerprint density at radius 1 is 1.28 bits per heavy atom. The van der Waals surface area contributed by atoms with E-state index in [9.17, 15) is 14.4 Å². The van der Waals surface area contributed by atoms with Crippen molar-refractivity contribution in [3.05, 3.63) is 24.3 Å². The Labute approximate surface area is 170 Å². The van der Waals surface area contributed by atoms with Gasteiger partial charge in [0.1, 0.15) is 18.4 Å². The molecule has 1 heterocycles. The summed E-state index contributed by atoms with van der Waals surface area (Å²) in [6.07, 6.45) is 0.545. The molecule has 0 spiro atoms. The van der Waals surface area contributed by atoms with Gasteiger partial charge in [0.05, 0.1) is 26.2 Å². The molecule has 0 aliphatic carbocycles. The smallest absolute Gasteiger partial charge is 0.308 e. The molecular weight excluding hydrogens is 378 g/mol. The molecule has 1 aromatic carbocycles. The number of methoxy groups -OCH3 is 1. The number of anilines is 1. The summed E-state index contributed by atoms with van der Waals surface area (Å²) in [5.74, 6) is -0.431. The van der Waals surface area contributed by atoms with Gasteiger partial charge in [-0.3, -0.25) is 14.4 Å². The zero-order valence-electron chi connectivity index (χ0n) is 16.9. The van der Waals surface area contributed by atoms with Crippen LogP contribution in [0.25, 0.3) is 0 Å². The number of ether oxygens (including phenoxy) is 3. The number of rotatable bonds is 11. The molecule has 1 atom stereocenters. The van der Waals surface area contributed by atoms with Crippen LogP contribution in [0.1, 0.15) is 19.8 Å². The van der Waals surface area contributed by atoms with Crippen LogP contribution >= 0.6 is 0 Å². The minimum Gasteiger partial charge on any atom is -0.491 e. The summed E-state index contributed by atoms with van der Waals surface area (Å²) in [5, 5.41) is 5.74. The minimum atomic E-state index is -0.855. The van der Waals surface area contributed by atoms with Crippen molar-refractivity contribution in [1.82, 2.24) is 10.2 Å². The Morgan fingerprint density at radius 2 is 2.10 bits per heavy atom. The van der Waals surface area contributed by atoms with E-state index >= 15 is 0 Å². The van der Waals surface area contributed by atoms with Crippen LogP contribution in [0, 0.1) is 0 Å². The van der Waals surface area contributed by atoms with Crippen molar-refractivity contribution in [2.24, 2.45) is 0 Å². The zero-order valence-corrected chi connectivity index (χ0v) is 16.9. The number of nitrogens with one attached hydrogen (secondary N) is 2. The van der Waals surface area contributed by atoms with E-state index in [1.807, 2.05) is 25.1 Å². The van der Waals surface area contributed by atoms with Crippen molar-refractivity contribution in [2.75, 3.05) is 51.9 Å². The molecule has 160 valence electrons. The number of benzene rings is 1. The van der Waals surface area contributed by atoms with Gasteiger partial charge in [0.25, 0.3) is 0 Å². The van der Waals surface area contributed by atoms with E-state index in [0.717, 1.165) is 0 Å². The van der Waals surface area contributed by atoms with Crippen LogP contribution in [-0.4, -0.2) is 75.3 Å². The van der Waals surface area contributed by atoms with Crippen LogP contribution in [0.5, 0.6) is 5.75 Å². The summed E-state index contributed by atoms with van der Waals surface area (Å²) in [4.78, 5) is 38.3. The van der Waals surface area contributed by atoms with E-state index in [0.29, 0.717) is 50.8 Å². The van der Waals surface area contributed by atoms with Gasteiger partial charge in [-0.15, -0.1) is 0 Å². The van der Waals surface area contributed by atoms with Gasteiger partial charge in [0.15, 0.2) is 0 Å².